The molecule has 0 unspecified atom stereocenters. The molecule has 0 bridgehead atoms. The van der Waals surface area contributed by atoms with E-state index in [1.54, 1.807) is 6.92 Å². The van der Waals surface area contributed by atoms with Crippen LogP contribution < -0.4 is 0 Å². The summed E-state index contributed by atoms with van der Waals surface area (Å²) in [7, 11) is 0. The quantitative estimate of drug-likeness (QED) is 0.599. The van der Waals surface area contributed by atoms with Crippen molar-refractivity contribution in [3.8, 4) is 0 Å². The van der Waals surface area contributed by atoms with Crippen LogP contribution in [0.1, 0.15) is 23.2 Å². The fourth-order valence-corrected chi connectivity index (χ4v) is 1.91. The van der Waals surface area contributed by atoms with Gasteiger partial charge in [0.1, 0.15) is 0 Å². The first-order valence-electron chi connectivity index (χ1n) is 3.56. The van der Waals surface area contributed by atoms with Gasteiger partial charge in [-0.3, -0.25) is 4.98 Å². The summed E-state index contributed by atoms with van der Waals surface area (Å²) in [5.41, 5.74) is 1.04. The van der Waals surface area contributed by atoms with Gasteiger partial charge in [0.25, 0.3) is 6.43 Å². The molecule has 1 rings (SSSR count). The molecule has 0 saturated heterocycles. The van der Waals surface area contributed by atoms with Crippen LogP contribution in [-0.4, -0.2) is 4.98 Å². The highest BCUT2D eigenvalue weighted by Gasteiger charge is 2.18. The molecule has 0 fully saturated rings. The van der Waals surface area contributed by atoms with Crippen LogP contribution in [0.15, 0.2) is 6.20 Å². The lowest BCUT2D eigenvalue weighted by Gasteiger charge is -2.09. The average molecular weight is 318 g/mol. The van der Waals surface area contributed by atoms with Crippen LogP contribution >= 0.6 is 34.2 Å². The first-order valence-corrected chi connectivity index (χ1v) is 5.17. The van der Waals surface area contributed by atoms with Gasteiger partial charge in [0.2, 0.25) is 0 Å². The van der Waals surface area contributed by atoms with Crippen LogP contribution in [0.4, 0.5) is 8.78 Å². The molecule has 1 aromatic rings. The molecule has 0 aliphatic heterocycles. The Morgan fingerprint density at radius 1 is 1.62 bits per heavy atom. The first-order chi connectivity index (χ1) is 6.07. The second kappa shape index (κ2) is 4.50. The van der Waals surface area contributed by atoms with Crippen molar-refractivity contribution in [2.75, 3.05) is 0 Å². The van der Waals surface area contributed by atoms with Crippen LogP contribution in [0.5, 0.6) is 0 Å². The van der Waals surface area contributed by atoms with Crippen LogP contribution in [0.25, 0.3) is 0 Å². The van der Waals surface area contributed by atoms with E-state index in [0.717, 1.165) is 0 Å². The monoisotopic (exact) mass is 317 g/mol. The molecule has 1 nitrogen and oxygen atoms in total. The summed E-state index contributed by atoms with van der Waals surface area (Å²) in [6.45, 7) is 1.70. The Balaban J connectivity index is 3.32. The predicted molar refractivity (Wildman–Crippen MR) is 56.2 cm³/mol. The van der Waals surface area contributed by atoms with Crippen molar-refractivity contribution in [3.63, 3.8) is 0 Å². The second-order valence-corrected chi connectivity index (χ2v) is 3.88. The second-order valence-electron chi connectivity index (χ2n) is 2.53. The van der Waals surface area contributed by atoms with Crippen molar-refractivity contribution >= 4 is 34.2 Å². The number of hydrogen-bond acceptors (Lipinski definition) is 1. The van der Waals surface area contributed by atoms with Gasteiger partial charge in [0.05, 0.1) is 5.69 Å². The summed E-state index contributed by atoms with van der Waals surface area (Å²) in [6, 6.07) is 0. The molecular weight excluding hydrogens is 310 g/mol. The number of aromatic nitrogens is 1. The Labute approximate surface area is 93.6 Å². The summed E-state index contributed by atoms with van der Waals surface area (Å²) < 4.78 is 25.6. The molecule has 0 amide bonds. The molecule has 1 aromatic heterocycles. The average Bonchev–Trinajstić information content (AvgIpc) is 2.08. The fraction of sp³-hybridized carbons (Fsp3) is 0.375. The number of hydrogen-bond donors (Lipinski definition) is 0. The molecule has 5 heteroatoms. The van der Waals surface area contributed by atoms with Crippen LogP contribution in [0, 0.1) is 10.5 Å². The summed E-state index contributed by atoms with van der Waals surface area (Å²) in [4.78, 5) is 3.97. The predicted octanol–water partition coefficient (Wildman–Crippen LogP) is 3.67. The molecule has 0 aliphatic rings. The fourth-order valence-electron chi connectivity index (χ4n) is 0.979. The summed E-state index contributed by atoms with van der Waals surface area (Å²) >= 11 is 7.39. The first kappa shape index (κ1) is 11.1. The van der Waals surface area contributed by atoms with E-state index in [1.807, 2.05) is 22.6 Å². The Bertz CT molecular complexity index is 317. The van der Waals surface area contributed by atoms with E-state index < -0.39 is 6.43 Å². The zero-order valence-electron chi connectivity index (χ0n) is 6.82. The van der Waals surface area contributed by atoms with Crippen molar-refractivity contribution in [1.82, 2.24) is 4.98 Å². The minimum Gasteiger partial charge on any atom is -0.260 e. The van der Waals surface area contributed by atoms with Gasteiger partial charge in [-0.15, -0.1) is 11.6 Å². The van der Waals surface area contributed by atoms with Crippen molar-refractivity contribution in [3.05, 3.63) is 26.6 Å². The van der Waals surface area contributed by atoms with E-state index in [-0.39, 0.29) is 11.4 Å². The van der Waals surface area contributed by atoms with Crippen LogP contribution in [-0.2, 0) is 5.88 Å². The lowest BCUT2D eigenvalue weighted by molar-refractivity contribution is 0.149. The van der Waals surface area contributed by atoms with E-state index in [1.165, 1.54) is 6.20 Å². The minimum atomic E-state index is -2.48. The maximum atomic E-state index is 12.6. The lowest BCUT2D eigenvalue weighted by Crippen LogP contribution is -2.00. The number of alkyl halides is 3. The summed E-state index contributed by atoms with van der Waals surface area (Å²) in [6.07, 6.45) is -1.08. The minimum absolute atomic E-state index is 0.0168. The number of nitrogens with zero attached hydrogens (tertiary/aromatic N) is 1. The molecule has 72 valence electrons. The molecule has 0 radical (unpaired) electrons. The van der Waals surface area contributed by atoms with Crippen molar-refractivity contribution in [2.45, 2.75) is 19.2 Å². The molecule has 0 saturated carbocycles. The molecule has 0 N–H and O–H groups in total. The van der Waals surface area contributed by atoms with Gasteiger partial charge in [-0.1, -0.05) is 0 Å². The van der Waals surface area contributed by atoms with Gasteiger partial charge in [0.15, 0.2) is 0 Å². The van der Waals surface area contributed by atoms with Gasteiger partial charge in [-0.2, -0.15) is 0 Å². The standard InChI is InChI=1S/C8H7ClF2IN/c1-4-7(12)6(8(10)11)5(2-9)3-13-4/h3,8H,2H2,1H3. The zero-order valence-corrected chi connectivity index (χ0v) is 9.73. The highest BCUT2D eigenvalue weighted by atomic mass is 127. The van der Waals surface area contributed by atoms with Crippen molar-refractivity contribution < 1.29 is 8.78 Å². The highest BCUT2D eigenvalue weighted by Crippen LogP contribution is 2.29. The van der Waals surface area contributed by atoms with Crippen molar-refractivity contribution in [1.29, 1.82) is 0 Å². The lowest BCUT2D eigenvalue weighted by atomic mass is 10.1. The van der Waals surface area contributed by atoms with Gasteiger partial charge in [-0.25, -0.2) is 8.78 Å². The molecule has 1 heterocycles. The van der Waals surface area contributed by atoms with Gasteiger partial charge < -0.3 is 0 Å². The number of rotatable bonds is 2. The largest absolute Gasteiger partial charge is 0.265 e. The highest BCUT2D eigenvalue weighted by molar-refractivity contribution is 14.1. The SMILES string of the molecule is Cc1ncc(CCl)c(C(F)F)c1I. The van der Waals surface area contributed by atoms with Crippen molar-refractivity contribution in [2.24, 2.45) is 0 Å². The van der Waals surface area contributed by atoms with E-state index in [2.05, 4.69) is 4.98 Å². The Morgan fingerprint density at radius 2 is 2.23 bits per heavy atom. The maximum Gasteiger partial charge on any atom is 0.265 e. The van der Waals surface area contributed by atoms with Crippen LogP contribution in [0.3, 0.4) is 0 Å². The zero-order chi connectivity index (χ0) is 10.0. The summed E-state index contributed by atoms with van der Waals surface area (Å²) in [5, 5.41) is 0. The molecule has 0 spiro atoms. The Kier molecular flexibility index (Phi) is 3.85. The third-order valence-electron chi connectivity index (χ3n) is 1.68. The van der Waals surface area contributed by atoms with E-state index >= 15 is 0 Å². The van der Waals surface area contributed by atoms with E-state index in [0.29, 0.717) is 14.8 Å². The molecule has 0 aliphatic carbocycles. The van der Waals surface area contributed by atoms with Crippen LogP contribution in [0.2, 0.25) is 0 Å². The molecular formula is C8H7ClF2IN. The number of halogens is 4. The maximum absolute atomic E-state index is 12.6. The Morgan fingerprint density at radius 3 is 2.69 bits per heavy atom. The third kappa shape index (κ3) is 2.28. The van der Waals surface area contributed by atoms with E-state index in [9.17, 15) is 8.78 Å². The van der Waals surface area contributed by atoms with Gasteiger partial charge in [0, 0.05) is 21.2 Å². The third-order valence-corrected chi connectivity index (χ3v) is 3.33. The summed E-state index contributed by atoms with van der Waals surface area (Å²) in [5.74, 6) is 0.0724. The molecule has 0 atom stereocenters. The molecule has 0 aromatic carbocycles. The van der Waals surface area contributed by atoms with E-state index in [4.69, 9.17) is 11.6 Å². The number of aryl methyl sites for hydroxylation is 1. The smallest absolute Gasteiger partial charge is 0.260 e. The Hall–Kier alpha value is 0.0300. The van der Waals surface area contributed by atoms with Gasteiger partial charge in [-0.05, 0) is 35.1 Å². The number of pyridine rings is 1. The normalized spacial score (nSPS) is 10.9. The topological polar surface area (TPSA) is 12.9 Å². The van der Waals surface area contributed by atoms with Gasteiger partial charge >= 0.3 is 0 Å². The molecule has 13 heavy (non-hydrogen) atoms.